The summed E-state index contributed by atoms with van der Waals surface area (Å²) >= 11 is 6.07. The highest BCUT2D eigenvalue weighted by molar-refractivity contribution is 6.31. The van der Waals surface area contributed by atoms with E-state index < -0.39 is 0 Å². The number of fused-ring (bicyclic) bond motifs is 3. The fourth-order valence-corrected chi connectivity index (χ4v) is 2.54. The highest BCUT2D eigenvalue weighted by Crippen LogP contribution is 2.30. The van der Waals surface area contributed by atoms with Gasteiger partial charge in [0, 0.05) is 15.8 Å². The first-order chi connectivity index (χ1) is 9.36. The van der Waals surface area contributed by atoms with Crippen LogP contribution < -0.4 is 5.63 Å². The Morgan fingerprint density at radius 2 is 1.70 bits per heavy atom. The molecule has 0 saturated carbocycles. The van der Waals surface area contributed by atoms with Crippen LogP contribution in [0.3, 0.4) is 0 Å². The van der Waals surface area contributed by atoms with Crippen LogP contribution in [0.5, 0.6) is 0 Å². The van der Waals surface area contributed by atoms with Crippen LogP contribution in [0, 0.1) is 0 Å². The molecule has 3 heteroatoms. The Labute approximate surface area is 122 Å². The highest BCUT2D eigenvalue weighted by Gasteiger charge is 2.16. The zero-order chi connectivity index (χ0) is 14.5. The normalized spacial score (nSPS) is 12.2. The average Bonchev–Trinajstić information content (AvgIpc) is 2.37. The van der Waals surface area contributed by atoms with Crippen LogP contribution in [0.2, 0.25) is 5.02 Å². The minimum Gasteiger partial charge on any atom is -0.422 e. The molecular weight excluding hydrogens is 272 g/mol. The van der Waals surface area contributed by atoms with Gasteiger partial charge >= 0.3 is 5.63 Å². The van der Waals surface area contributed by atoms with Gasteiger partial charge in [0.05, 0.1) is 5.39 Å². The van der Waals surface area contributed by atoms with Crippen molar-refractivity contribution >= 4 is 33.3 Å². The van der Waals surface area contributed by atoms with Gasteiger partial charge in [0.2, 0.25) is 0 Å². The molecular formula is C17H15ClO2. The van der Waals surface area contributed by atoms with Gasteiger partial charge in [-0.3, -0.25) is 0 Å². The molecule has 3 aromatic rings. The van der Waals surface area contributed by atoms with E-state index in [0.29, 0.717) is 16.0 Å². The van der Waals surface area contributed by atoms with E-state index >= 15 is 0 Å². The van der Waals surface area contributed by atoms with Crippen molar-refractivity contribution in [1.29, 1.82) is 0 Å². The van der Waals surface area contributed by atoms with Crippen molar-refractivity contribution in [2.75, 3.05) is 0 Å². The lowest BCUT2D eigenvalue weighted by molar-refractivity contribution is 0.566. The van der Waals surface area contributed by atoms with E-state index in [1.54, 1.807) is 12.1 Å². The van der Waals surface area contributed by atoms with Crippen molar-refractivity contribution in [3.8, 4) is 0 Å². The Bertz CT molecular complexity index is 870. The molecule has 0 aliphatic heterocycles. The second-order valence-corrected chi connectivity index (χ2v) is 6.48. The molecule has 3 rings (SSSR count). The number of hydrogen-bond donors (Lipinski definition) is 0. The first-order valence-corrected chi connectivity index (χ1v) is 6.91. The topological polar surface area (TPSA) is 30.2 Å². The Morgan fingerprint density at radius 3 is 2.40 bits per heavy atom. The molecule has 1 aromatic heterocycles. The summed E-state index contributed by atoms with van der Waals surface area (Å²) < 4.78 is 5.38. The standard InChI is InChI=1S/C17H15ClO2/c1-17(2,3)10-4-7-15-14(8-10)13-9-11(18)5-6-12(13)16(19)20-15/h4-9H,1-3H3. The molecule has 0 radical (unpaired) electrons. The van der Waals surface area contributed by atoms with Crippen LogP contribution in [0.15, 0.2) is 45.6 Å². The SMILES string of the molecule is CC(C)(C)c1ccc2oc(=O)c3ccc(Cl)cc3c2c1. The molecule has 20 heavy (non-hydrogen) atoms. The summed E-state index contributed by atoms with van der Waals surface area (Å²) in [5.41, 5.74) is 1.50. The molecule has 0 spiro atoms. The van der Waals surface area contributed by atoms with Crippen molar-refractivity contribution in [3.63, 3.8) is 0 Å². The van der Waals surface area contributed by atoms with Crippen LogP contribution in [0.25, 0.3) is 21.7 Å². The Balaban J connectivity index is 2.49. The molecule has 2 aromatic carbocycles. The Morgan fingerprint density at radius 1 is 0.950 bits per heavy atom. The van der Waals surface area contributed by atoms with E-state index in [1.807, 2.05) is 18.2 Å². The van der Waals surface area contributed by atoms with Gasteiger partial charge in [-0.2, -0.15) is 0 Å². The first-order valence-electron chi connectivity index (χ1n) is 6.53. The molecule has 1 heterocycles. The smallest absolute Gasteiger partial charge is 0.344 e. The van der Waals surface area contributed by atoms with Gasteiger partial charge in [-0.15, -0.1) is 0 Å². The van der Waals surface area contributed by atoms with E-state index in [4.69, 9.17) is 16.0 Å². The lowest BCUT2D eigenvalue weighted by atomic mass is 9.86. The number of rotatable bonds is 0. The molecule has 0 N–H and O–H groups in total. The third-order valence-electron chi connectivity index (χ3n) is 3.54. The molecule has 0 unspecified atom stereocenters. The van der Waals surface area contributed by atoms with Crippen LogP contribution in [0.1, 0.15) is 26.3 Å². The summed E-state index contributed by atoms with van der Waals surface area (Å²) in [6.07, 6.45) is 0. The fourth-order valence-electron chi connectivity index (χ4n) is 2.37. The summed E-state index contributed by atoms with van der Waals surface area (Å²) in [6, 6.07) is 11.2. The summed E-state index contributed by atoms with van der Waals surface area (Å²) in [6.45, 7) is 6.47. The molecule has 0 amide bonds. The summed E-state index contributed by atoms with van der Waals surface area (Å²) in [5, 5.41) is 2.95. The maximum absolute atomic E-state index is 12.0. The molecule has 0 atom stereocenters. The predicted octanol–water partition coefficient (Wildman–Crippen LogP) is 4.90. The second kappa shape index (κ2) is 4.35. The second-order valence-electron chi connectivity index (χ2n) is 6.04. The van der Waals surface area contributed by atoms with Crippen molar-refractivity contribution < 1.29 is 4.42 Å². The molecule has 0 fully saturated rings. The molecule has 102 valence electrons. The maximum Gasteiger partial charge on any atom is 0.344 e. The monoisotopic (exact) mass is 286 g/mol. The Hall–Kier alpha value is -1.80. The fraction of sp³-hybridized carbons (Fsp3) is 0.235. The minimum absolute atomic E-state index is 0.0369. The van der Waals surface area contributed by atoms with Crippen molar-refractivity contribution in [2.24, 2.45) is 0 Å². The highest BCUT2D eigenvalue weighted by atomic mass is 35.5. The summed E-state index contributed by atoms with van der Waals surface area (Å²) in [7, 11) is 0. The summed E-state index contributed by atoms with van der Waals surface area (Å²) in [5.74, 6) is 0. The van der Waals surface area contributed by atoms with E-state index in [9.17, 15) is 4.79 Å². The van der Waals surface area contributed by atoms with Gasteiger partial charge < -0.3 is 4.42 Å². The third kappa shape index (κ3) is 2.10. The lowest BCUT2D eigenvalue weighted by Crippen LogP contribution is -2.11. The van der Waals surface area contributed by atoms with Gasteiger partial charge in [-0.25, -0.2) is 4.79 Å². The molecule has 0 aliphatic rings. The van der Waals surface area contributed by atoms with E-state index in [-0.39, 0.29) is 11.0 Å². The zero-order valence-corrected chi connectivity index (χ0v) is 12.4. The van der Waals surface area contributed by atoms with Crippen molar-refractivity contribution in [1.82, 2.24) is 0 Å². The molecule has 0 saturated heterocycles. The molecule has 0 bridgehead atoms. The number of halogens is 1. The molecule has 0 aliphatic carbocycles. The van der Waals surface area contributed by atoms with E-state index in [1.165, 1.54) is 5.56 Å². The van der Waals surface area contributed by atoms with Gasteiger partial charge in [0.15, 0.2) is 0 Å². The van der Waals surface area contributed by atoms with Crippen LogP contribution >= 0.6 is 11.6 Å². The largest absolute Gasteiger partial charge is 0.422 e. The number of benzene rings is 2. The summed E-state index contributed by atoms with van der Waals surface area (Å²) in [4.78, 5) is 12.0. The Kier molecular flexibility index (Phi) is 2.87. The predicted molar refractivity (Wildman–Crippen MR) is 83.7 cm³/mol. The van der Waals surface area contributed by atoms with Crippen molar-refractivity contribution in [3.05, 3.63) is 57.4 Å². The van der Waals surface area contributed by atoms with E-state index in [0.717, 1.165) is 10.8 Å². The third-order valence-corrected chi connectivity index (χ3v) is 3.78. The minimum atomic E-state index is -0.326. The first kappa shape index (κ1) is 13.2. The number of hydrogen-bond acceptors (Lipinski definition) is 2. The lowest BCUT2D eigenvalue weighted by Gasteiger charge is -2.19. The quantitative estimate of drug-likeness (QED) is 0.435. The van der Waals surface area contributed by atoms with Gasteiger partial charge in [0.1, 0.15) is 5.58 Å². The van der Waals surface area contributed by atoms with Crippen molar-refractivity contribution in [2.45, 2.75) is 26.2 Å². The van der Waals surface area contributed by atoms with Crippen LogP contribution in [-0.2, 0) is 5.41 Å². The van der Waals surface area contributed by atoms with Crippen LogP contribution in [0.4, 0.5) is 0 Å². The maximum atomic E-state index is 12.0. The van der Waals surface area contributed by atoms with Gasteiger partial charge in [0.25, 0.3) is 0 Å². The molecule has 2 nitrogen and oxygen atoms in total. The zero-order valence-electron chi connectivity index (χ0n) is 11.7. The van der Waals surface area contributed by atoms with Crippen LogP contribution in [-0.4, -0.2) is 0 Å². The average molecular weight is 287 g/mol. The van der Waals surface area contributed by atoms with E-state index in [2.05, 4.69) is 26.8 Å². The van der Waals surface area contributed by atoms with Gasteiger partial charge in [-0.05, 0) is 41.3 Å². The van der Waals surface area contributed by atoms with Gasteiger partial charge in [-0.1, -0.05) is 38.4 Å².